The van der Waals surface area contributed by atoms with Gasteiger partial charge in [0.05, 0.1) is 7.11 Å². The van der Waals surface area contributed by atoms with Crippen molar-refractivity contribution < 1.29 is 49.0 Å². The molecule has 1 aliphatic heterocycles. The minimum absolute atomic E-state index is 0.00421. The van der Waals surface area contributed by atoms with Gasteiger partial charge in [-0.1, -0.05) is 0 Å². The number of phenolic OH excluding ortho intramolecular Hbond substituents is 2. The van der Waals surface area contributed by atoms with Crippen LogP contribution in [0.2, 0.25) is 0 Å². The van der Waals surface area contributed by atoms with Crippen molar-refractivity contribution in [3.63, 3.8) is 0 Å². The van der Waals surface area contributed by atoms with Crippen LogP contribution < -0.4 is 10.2 Å². The van der Waals surface area contributed by atoms with Crippen molar-refractivity contribution in [3.05, 3.63) is 52.7 Å². The summed E-state index contributed by atoms with van der Waals surface area (Å²) in [5.41, 5.74) is -0.0585. The molecule has 4 rings (SSSR count). The van der Waals surface area contributed by atoms with Crippen molar-refractivity contribution in [2.45, 2.75) is 30.7 Å². The van der Waals surface area contributed by atoms with Crippen LogP contribution in [0.1, 0.15) is 0 Å². The first-order chi connectivity index (χ1) is 15.7. The van der Waals surface area contributed by atoms with E-state index in [2.05, 4.69) is 4.74 Å². The zero-order valence-corrected chi connectivity index (χ0v) is 17.1. The van der Waals surface area contributed by atoms with Crippen LogP contribution in [0.3, 0.4) is 0 Å². The third-order valence-electron chi connectivity index (χ3n) is 5.19. The minimum Gasteiger partial charge on any atom is -0.508 e. The molecule has 2 aromatic carbocycles. The van der Waals surface area contributed by atoms with Gasteiger partial charge in [0.15, 0.2) is 11.5 Å². The van der Waals surface area contributed by atoms with Crippen LogP contribution >= 0.6 is 0 Å². The number of aliphatic hydroxyl groups excluding tert-OH is 3. The lowest BCUT2D eigenvalue weighted by Gasteiger charge is -2.38. The first kappa shape index (κ1) is 22.6. The summed E-state index contributed by atoms with van der Waals surface area (Å²) < 4.78 is 21.0. The first-order valence-corrected chi connectivity index (χ1v) is 9.74. The number of phenols is 2. The number of aromatic hydroxyl groups is 2. The molecule has 0 bridgehead atoms. The highest BCUT2D eigenvalue weighted by atomic mass is 16.7. The molecular formula is C22H20O11. The van der Waals surface area contributed by atoms with Gasteiger partial charge in [0.25, 0.3) is 0 Å². The quantitative estimate of drug-likeness (QED) is 0.337. The van der Waals surface area contributed by atoms with Crippen molar-refractivity contribution in [1.29, 1.82) is 0 Å². The second-order valence-electron chi connectivity index (χ2n) is 7.38. The van der Waals surface area contributed by atoms with E-state index >= 15 is 0 Å². The van der Waals surface area contributed by atoms with Gasteiger partial charge in [-0.05, 0) is 24.3 Å². The molecule has 2 heterocycles. The molecule has 1 aliphatic rings. The summed E-state index contributed by atoms with van der Waals surface area (Å²) >= 11 is 0. The van der Waals surface area contributed by atoms with Crippen LogP contribution in [0.4, 0.5) is 0 Å². The Bertz CT molecular complexity index is 1230. The monoisotopic (exact) mass is 460 g/mol. The minimum atomic E-state index is -1.72. The molecule has 11 nitrogen and oxygen atoms in total. The van der Waals surface area contributed by atoms with Crippen LogP contribution in [-0.4, -0.2) is 69.3 Å². The Labute approximate surface area is 185 Å². The van der Waals surface area contributed by atoms with Gasteiger partial charge in [-0.25, -0.2) is 4.79 Å². The molecule has 0 aliphatic carbocycles. The Balaban J connectivity index is 1.58. The maximum absolute atomic E-state index is 12.4. The van der Waals surface area contributed by atoms with Crippen LogP contribution in [0, 0.1) is 0 Å². The Morgan fingerprint density at radius 3 is 2.33 bits per heavy atom. The average Bonchev–Trinajstić information content (AvgIpc) is 2.78. The lowest BCUT2D eigenvalue weighted by atomic mass is 9.99. The molecule has 3 aromatic rings. The molecule has 1 saturated heterocycles. The number of benzene rings is 2. The lowest BCUT2D eigenvalue weighted by molar-refractivity contribution is -0.271. The average molecular weight is 460 g/mol. The number of carbonyl (C=O) groups excluding carboxylic acids is 1. The molecule has 0 radical (unpaired) electrons. The van der Waals surface area contributed by atoms with E-state index in [1.807, 2.05) is 0 Å². The predicted molar refractivity (Wildman–Crippen MR) is 111 cm³/mol. The van der Waals surface area contributed by atoms with Crippen LogP contribution in [-0.2, 0) is 14.3 Å². The fourth-order valence-electron chi connectivity index (χ4n) is 3.48. The molecule has 1 unspecified atom stereocenters. The van der Waals surface area contributed by atoms with Gasteiger partial charge in [0.2, 0.25) is 6.29 Å². The fourth-order valence-corrected chi connectivity index (χ4v) is 3.48. The number of ether oxygens (including phenoxy) is 3. The molecule has 1 aromatic heterocycles. The number of rotatable bonds is 4. The summed E-state index contributed by atoms with van der Waals surface area (Å²) in [5, 5.41) is 49.5. The van der Waals surface area contributed by atoms with Crippen molar-refractivity contribution in [2.75, 3.05) is 7.11 Å². The highest BCUT2D eigenvalue weighted by Gasteiger charge is 2.48. The number of fused-ring (bicyclic) bond motifs is 1. The van der Waals surface area contributed by atoms with E-state index in [1.54, 1.807) is 0 Å². The number of hydrogen-bond donors (Lipinski definition) is 5. The molecule has 174 valence electrons. The molecular weight excluding hydrogens is 440 g/mol. The van der Waals surface area contributed by atoms with E-state index in [0.717, 1.165) is 13.2 Å². The third-order valence-corrected chi connectivity index (χ3v) is 5.19. The number of aliphatic hydroxyl groups is 3. The zero-order chi connectivity index (χ0) is 23.9. The summed E-state index contributed by atoms with van der Waals surface area (Å²) in [4.78, 5) is 24.2. The van der Waals surface area contributed by atoms with E-state index in [-0.39, 0.29) is 28.2 Å². The topological polar surface area (TPSA) is 176 Å². The zero-order valence-electron chi connectivity index (χ0n) is 17.1. The smallest absolute Gasteiger partial charge is 0.337 e. The highest BCUT2D eigenvalue weighted by molar-refractivity contribution is 5.86. The van der Waals surface area contributed by atoms with Crippen molar-refractivity contribution in [2.24, 2.45) is 0 Å². The van der Waals surface area contributed by atoms with Crippen LogP contribution in [0.5, 0.6) is 17.2 Å². The Morgan fingerprint density at radius 1 is 0.970 bits per heavy atom. The molecule has 5 atom stereocenters. The summed E-state index contributed by atoms with van der Waals surface area (Å²) in [6, 6.07) is 9.40. The molecule has 33 heavy (non-hydrogen) atoms. The molecule has 5 N–H and O–H groups in total. The van der Waals surface area contributed by atoms with Crippen molar-refractivity contribution in [1.82, 2.24) is 0 Å². The number of carbonyl (C=O) groups is 1. The normalized spacial score (nSPS) is 25.0. The van der Waals surface area contributed by atoms with E-state index in [4.69, 9.17) is 13.9 Å². The molecule has 0 amide bonds. The summed E-state index contributed by atoms with van der Waals surface area (Å²) in [6.45, 7) is 0. The van der Waals surface area contributed by atoms with Gasteiger partial charge in [0, 0.05) is 23.8 Å². The van der Waals surface area contributed by atoms with Crippen LogP contribution in [0.25, 0.3) is 22.3 Å². The van der Waals surface area contributed by atoms with E-state index in [9.17, 15) is 35.1 Å². The summed E-state index contributed by atoms with van der Waals surface area (Å²) in [6.07, 6.45) is -8.11. The van der Waals surface area contributed by atoms with E-state index in [0.29, 0.717) is 5.56 Å². The second-order valence-corrected chi connectivity index (χ2v) is 7.38. The second kappa shape index (κ2) is 8.71. The number of esters is 1. The van der Waals surface area contributed by atoms with Gasteiger partial charge >= 0.3 is 5.97 Å². The SMILES string of the molecule is COC(=O)[C@H]1OC(Oc2ccc(-c3cc(=O)c4c(O)cc(O)cc4o3)cc2)[C@H](O)[C@@H](O)[C@@H]1O. The van der Waals surface area contributed by atoms with Gasteiger partial charge in [-0.2, -0.15) is 0 Å². The maximum atomic E-state index is 12.4. The predicted octanol–water partition coefficient (Wildman–Crippen LogP) is 0.231. The Hall–Kier alpha value is -3.64. The molecule has 0 spiro atoms. The molecule has 1 fully saturated rings. The van der Waals surface area contributed by atoms with Gasteiger partial charge in [0.1, 0.15) is 52.3 Å². The van der Waals surface area contributed by atoms with E-state index in [1.165, 1.54) is 36.4 Å². The maximum Gasteiger partial charge on any atom is 0.337 e. The van der Waals surface area contributed by atoms with Gasteiger partial charge in [-0.15, -0.1) is 0 Å². The lowest BCUT2D eigenvalue weighted by Crippen LogP contribution is -2.61. The standard InChI is InChI=1S/C22H20O11/c1-30-21(29)20-18(27)17(26)19(28)22(33-20)31-11-4-2-9(3-5-11)14-8-13(25)16-12(24)6-10(23)7-15(16)32-14/h2-8,17-20,22-24,26-28H,1H3/t17-,18-,19+,20-,22?/m0/s1. The van der Waals surface area contributed by atoms with Gasteiger partial charge in [-0.3, -0.25) is 4.79 Å². The molecule has 11 heteroatoms. The molecule has 0 saturated carbocycles. The van der Waals surface area contributed by atoms with Crippen LogP contribution in [0.15, 0.2) is 51.7 Å². The van der Waals surface area contributed by atoms with Crippen molar-refractivity contribution >= 4 is 16.9 Å². The van der Waals surface area contributed by atoms with E-state index < -0.39 is 47.9 Å². The Kier molecular flexibility index (Phi) is 5.95. The van der Waals surface area contributed by atoms with Gasteiger partial charge < -0.3 is 44.2 Å². The number of hydrogen-bond acceptors (Lipinski definition) is 11. The highest BCUT2D eigenvalue weighted by Crippen LogP contribution is 2.31. The van der Waals surface area contributed by atoms with Crippen molar-refractivity contribution in [3.8, 4) is 28.6 Å². The Morgan fingerprint density at radius 2 is 1.67 bits per heavy atom. The largest absolute Gasteiger partial charge is 0.508 e. The summed E-state index contributed by atoms with van der Waals surface area (Å²) in [7, 11) is 1.08. The number of methoxy groups -OCH3 is 1. The third kappa shape index (κ3) is 4.22. The summed E-state index contributed by atoms with van der Waals surface area (Å²) in [5.74, 6) is -1.29. The first-order valence-electron chi connectivity index (χ1n) is 9.74. The fraction of sp³-hybridized carbons (Fsp3) is 0.273.